The van der Waals surface area contributed by atoms with Crippen LogP contribution in [0, 0.1) is 0 Å². The van der Waals surface area contributed by atoms with Gasteiger partial charge in [0.1, 0.15) is 11.8 Å². The molecular formula is C16H22N2O4. The van der Waals surface area contributed by atoms with Gasteiger partial charge in [-0.2, -0.15) is 0 Å². The highest BCUT2D eigenvalue weighted by atomic mass is 16.5. The molecule has 1 aromatic carbocycles. The normalized spacial score (nSPS) is 16.0. The molecule has 6 heteroatoms. The van der Waals surface area contributed by atoms with Gasteiger partial charge in [0.25, 0.3) is 0 Å². The summed E-state index contributed by atoms with van der Waals surface area (Å²) in [4.78, 5) is 25.7. The van der Waals surface area contributed by atoms with Crippen molar-refractivity contribution < 1.29 is 19.1 Å². The van der Waals surface area contributed by atoms with Crippen molar-refractivity contribution in [3.05, 3.63) is 30.3 Å². The molecule has 6 nitrogen and oxygen atoms in total. The molecule has 1 heterocycles. The van der Waals surface area contributed by atoms with Crippen LogP contribution >= 0.6 is 0 Å². The van der Waals surface area contributed by atoms with Gasteiger partial charge in [0, 0.05) is 13.1 Å². The average molecular weight is 306 g/mol. The first-order chi connectivity index (χ1) is 10.7. The maximum atomic E-state index is 12.2. The molecule has 0 spiro atoms. The van der Waals surface area contributed by atoms with Crippen molar-refractivity contribution in [1.29, 1.82) is 0 Å². The zero-order valence-corrected chi connectivity index (χ0v) is 12.8. The summed E-state index contributed by atoms with van der Waals surface area (Å²) in [5.41, 5.74) is 0. The van der Waals surface area contributed by atoms with Gasteiger partial charge in [0.05, 0.1) is 26.2 Å². The predicted molar refractivity (Wildman–Crippen MR) is 81.6 cm³/mol. The minimum absolute atomic E-state index is 0.0689. The Hall–Kier alpha value is -2.08. The first-order valence-corrected chi connectivity index (χ1v) is 7.50. The van der Waals surface area contributed by atoms with E-state index in [9.17, 15) is 9.59 Å². The monoisotopic (exact) mass is 306 g/mol. The molecule has 1 saturated heterocycles. The predicted octanol–water partition coefficient (Wildman–Crippen LogP) is 0.819. The fraction of sp³-hybridized carbons (Fsp3) is 0.500. The first-order valence-electron chi connectivity index (χ1n) is 7.50. The average Bonchev–Trinajstić information content (AvgIpc) is 2.56. The molecule has 0 bridgehead atoms. The van der Waals surface area contributed by atoms with Crippen LogP contribution in [-0.2, 0) is 14.3 Å². The van der Waals surface area contributed by atoms with E-state index in [-0.39, 0.29) is 24.8 Å². The van der Waals surface area contributed by atoms with Gasteiger partial charge >= 0.3 is 0 Å². The number of benzene rings is 1. The third-order valence-electron chi connectivity index (χ3n) is 3.41. The van der Waals surface area contributed by atoms with Crippen LogP contribution in [0.3, 0.4) is 0 Å². The Morgan fingerprint density at radius 2 is 1.95 bits per heavy atom. The van der Waals surface area contributed by atoms with Crippen molar-refractivity contribution in [2.45, 2.75) is 19.4 Å². The zero-order chi connectivity index (χ0) is 15.8. The Bertz CT molecular complexity index is 486. The third kappa shape index (κ3) is 5.04. The van der Waals surface area contributed by atoms with Gasteiger partial charge in [-0.15, -0.1) is 0 Å². The second-order valence-electron chi connectivity index (χ2n) is 5.14. The number of hydrogen-bond donors (Lipinski definition) is 1. The molecule has 1 fully saturated rings. The maximum Gasteiger partial charge on any atom is 0.245 e. The topological polar surface area (TPSA) is 67.9 Å². The van der Waals surface area contributed by atoms with Crippen molar-refractivity contribution in [3.63, 3.8) is 0 Å². The van der Waals surface area contributed by atoms with Crippen LogP contribution in [0.5, 0.6) is 5.75 Å². The number of nitrogens with zero attached hydrogens (tertiary/aromatic N) is 1. The van der Waals surface area contributed by atoms with Crippen LogP contribution in [0.15, 0.2) is 30.3 Å². The molecular weight excluding hydrogens is 284 g/mol. The summed E-state index contributed by atoms with van der Waals surface area (Å²) in [6.07, 6.45) is 0.218. The summed E-state index contributed by atoms with van der Waals surface area (Å²) in [7, 11) is 0. The quantitative estimate of drug-likeness (QED) is 0.845. The first kappa shape index (κ1) is 16.3. The number of nitrogens with one attached hydrogen (secondary N) is 1. The lowest BCUT2D eigenvalue weighted by molar-refractivity contribution is -0.139. The van der Waals surface area contributed by atoms with Gasteiger partial charge in [0.15, 0.2) is 0 Å². The molecule has 1 aliphatic rings. The number of rotatable bonds is 6. The number of carbonyl (C=O) groups excluding carboxylic acids is 2. The van der Waals surface area contributed by atoms with Crippen molar-refractivity contribution in [1.82, 2.24) is 10.2 Å². The Balaban J connectivity index is 1.68. The van der Waals surface area contributed by atoms with Gasteiger partial charge in [-0.1, -0.05) is 18.2 Å². The van der Waals surface area contributed by atoms with E-state index in [1.807, 2.05) is 30.3 Å². The van der Waals surface area contributed by atoms with Crippen LogP contribution in [0.1, 0.15) is 13.3 Å². The second-order valence-corrected chi connectivity index (χ2v) is 5.14. The SMILES string of the molecule is CC(NC(=O)CCOc1ccccc1)C(=O)N1CCOCC1. The van der Waals surface area contributed by atoms with Gasteiger partial charge in [-0.25, -0.2) is 0 Å². The van der Waals surface area contributed by atoms with Crippen LogP contribution in [-0.4, -0.2) is 55.7 Å². The second kappa shape index (κ2) is 8.38. The number of morpholine rings is 1. The van der Waals surface area contributed by atoms with E-state index in [1.165, 1.54) is 0 Å². The molecule has 1 unspecified atom stereocenters. The number of ether oxygens (including phenoxy) is 2. The summed E-state index contributed by atoms with van der Waals surface area (Å²) < 4.78 is 10.7. The van der Waals surface area contributed by atoms with Gasteiger partial charge < -0.3 is 19.7 Å². The Morgan fingerprint density at radius 1 is 1.27 bits per heavy atom. The summed E-state index contributed by atoms with van der Waals surface area (Å²) in [5.74, 6) is 0.471. The highest BCUT2D eigenvalue weighted by Crippen LogP contribution is 2.08. The molecule has 0 saturated carbocycles. The molecule has 0 aliphatic carbocycles. The molecule has 1 aromatic rings. The van der Waals surface area contributed by atoms with Crippen molar-refractivity contribution in [2.24, 2.45) is 0 Å². The van der Waals surface area contributed by atoms with E-state index in [4.69, 9.17) is 9.47 Å². The molecule has 22 heavy (non-hydrogen) atoms. The maximum absolute atomic E-state index is 12.2. The molecule has 2 amide bonds. The molecule has 2 rings (SSSR count). The Kier molecular flexibility index (Phi) is 6.21. The number of amides is 2. The lowest BCUT2D eigenvalue weighted by Crippen LogP contribution is -2.50. The lowest BCUT2D eigenvalue weighted by atomic mass is 10.2. The van der Waals surface area contributed by atoms with Gasteiger partial charge in [-0.05, 0) is 19.1 Å². The van der Waals surface area contributed by atoms with E-state index in [2.05, 4.69) is 5.32 Å². The summed E-state index contributed by atoms with van der Waals surface area (Å²) in [5, 5.41) is 2.71. The highest BCUT2D eigenvalue weighted by molar-refractivity contribution is 5.87. The molecule has 1 aliphatic heterocycles. The van der Waals surface area contributed by atoms with Gasteiger partial charge in [-0.3, -0.25) is 9.59 Å². The highest BCUT2D eigenvalue weighted by Gasteiger charge is 2.23. The van der Waals surface area contributed by atoms with E-state index >= 15 is 0 Å². The van der Waals surface area contributed by atoms with E-state index in [1.54, 1.807) is 11.8 Å². The van der Waals surface area contributed by atoms with Crippen LogP contribution in [0.2, 0.25) is 0 Å². The number of carbonyl (C=O) groups is 2. The van der Waals surface area contributed by atoms with E-state index < -0.39 is 6.04 Å². The van der Waals surface area contributed by atoms with Crippen LogP contribution in [0.4, 0.5) is 0 Å². The molecule has 120 valence electrons. The summed E-state index contributed by atoms with van der Waals surface area (Å²) in [6, 6.07) is 8.79. The van der Waals surface area contributed by atoms with Crippen LogP contribution in [0.25, 0.3) is 0 Å². The molecule has 0 aromatic heterocycles. The van der Waals surface area contributed by atoms with Crippen molar-refractivity contribution in [2.75, 3.05) is 32.9 Å². The standard InChI is InChI=1S/C16H22N2O4/c1-13(16(20)18-8-11-21-12-9-18)17-15(19)7-10-22-14-5-3-2-4-6-14/h2-6,13H,7-12H2,1H3,(H,17,19). The third-order valence-corrected chi connectivity index (χ3v) is 3.41. The van der Waals surface area contributed by atoms with Crippen molar-refractivity contribution >= 4 is 11.8 Å². The number of hydrogen-bond acceptors (Lipinski definition) is 4. The largest absolute Gasteiger partial charge is 0.493 e. The van der Waals surface area contributed by atoms with E-state index in [0.717, 1.165) is 5.75 Å². The van der Waals surface area contributed by atoms with Crippen LogP contribution < -0.4 is 10.1 Å². The lowest BCUT2D eigenvalue weighted by Gasteiger charge is -2.29. The summed E-state index contributed by atoms with van der Waals surface area (Å²) >= 11 is 0. The fourth-order valence-corrected chi connectivity index (χ4v) is 2.21. The fourth-order valence-electron chi connectivity index (χ4n) is 2.21. The zero-order valence-electron chi connectivity index (χ0n) is 12.8. The Morgan fingerprint density at radius 3 is 2.64 bits per heavy atom. The smallest absolute Gasteiger partial charge is 0.245 e. The van der Waals surface area contributed by atoms with Crippen molar-refractivity contribution in [3.8, 4) is 5.75 Å². The summed E-state index contributed by atoms with van der Waals surface area (Å²) in [6.45, 7) is 4.25. The number of para-hydroxylation sites is 1. The molecule has 1 N–H and O–H groups in total. The minimum atomic E-state index is -0.526. The van der Waals surface area contributed by atoms with Gasteiger partial charge in [0.2, 0.25) is 11.8 Å². The molecule has 0 radical (unpaired) electrons. The molecule has 1 atom stereocenters. The van der Waals surface area contributed by atoms with E-state index in [0.29, 0.717) is 26.3 Å². The minimum Gasteiger partial charge on any atom is -0.493 e. The Labute approximate surface area is 130 Å².